The molecular weight excluding hydrogens is 240 g/mol. The molecule has 1 N–H and O–H groups in total. The highest BCUT2D eigenvalue weighted by molar-refractivity contribution is 7.98. The van der Waals surface area contributed by atoms with Crippen LogP contribution in [0.5, 0.6) is 0 Å². The largest absolute Gasteiger partial charge is 0.477 e. The van der Waals surface area contributed by atoms with Crippen molar-refractivity contribution in [1.29, 1.82) is 0 Å². The Morgan fingerprint density at radius 3 is 3.00 bits per heavy atom. The van der Waals surface area contributed by atoms with E-state index < -0.39 is 5.97 Å². The third-order valence-electron chi connectivity index (χ3n) is 2.04. The second kappa shape index (κ2) is 4.96. The molecule has 2 heterocycles. The van der Waals surface area contributed by atoms with Crippen LogP contribution in [-0.4, -0.2) is 30.8 Å². The number of hydrogen-bond donors (Lipinski definition) is 1. The van der Waals surface area contributed by atoms with Crippen LogP contribution in [0.2, 0.25) is 0 Å². The van der Waals surface area contributed by atoms with E-state index in [1.165, 1.54) is 17.8 Å². The van der Waals surface area contributed by atoms with Crippen molar-refractivity contribution in [3.8, 4) is 0 Å². The van der Waals surface area contributed by atoms with Crippen LogP contribution in [0.1, 0.15) is 16.2 Å². The summed E-state index contributed by atoms with van der Waals surface area (Å²) in [6.45, 7) is 0. The third kappa shape index (κ3) is 2.82. The molecule has 7 heteroatoms. The summed E-state index contributed by atoms with van der Waals surface area (Å²) in [5.74, 6) is -0.455. The van der Waals surface area contributed by atoms with Crippen LogP contribution in [0.3, 0.4) is 0 Å². The molecule has 0 unspecified atom stereocenters. The molecule has 0 radical (unpaired) electrons. The molecule has 0 aromatic carbocycles. The van der Waals surface area contributed by atoms with Crippen LogP contribution in [0.25, 0.3) is 0 Å². The summed E-state index contributed by atoms with van der Waals surface area (Å²) < 4.78 is 1.80. The van der Waals surface area contributed by atoms with Gasteiger partial charge in [-0.05, 0) is 12.1 Å². The zero-order valence-corrected chi connectivity index (χ0v) is 9.89. The zero-order valence-electron chi connectivity index (χ0n) is 9.07. The van der Waals surface area contributed by atoms with E-state index in [2.05, 4.69) is 15.2 Å². The highest BCUT2D eigenvalue weighted by Gasteiger charge is 2.07. The highest BCUT2D eigenvalue weighted by Crippen LogP contribution is 2.18. The molecule has 6 nitrogen and oxygen atoms in total. The van der Waals surface area contributed by atoms with Crippen LogP contribution >= 0.6 is 11.8 Å². The number of aromatic carboxylic acids is 1. The van der Waals surface area contributed by atoms with E-state index >= 15 is 0 Å². The van der Waals surface area contributed by atoms with Gasteiger partial charge in [-0.25, -0.2) is 9.78 Å². The molecule has 0 aliphatic carbocycles. The van der Waals surface area contributed by atoms with Crippen molar-refractivity contribution < 1.29 is 9.90 Å². The zero-order chi connectivity index (χ0) is 12.3. The van der Waals surface area contributed by atoms with Crippen LogP contribution in [-0.2, 0) is 12.8 Å². The first-order chi connectivity index (χ1) is 8.16. The molecule has 0 amide bonds. The minimum atomic E-state index is -1.02. The molecule has 0 saturated heterocycles. The molecule has 0 atom stereocenters. The van der Waals surface area contributed by atoms with Gasteiger partial charge in [-0.15, -0.1) is 10.2 Å². The van der Waals surface area contributed by atoms with E-state index in [4.69, 9.17) is 5.11 Å². The standard InChI is InChI=1S/C10H10N4O2S/c1-14-6-11-13-10(14)17-5-7-3-2-4-8(12-7)9(15)16/h2-4,6H,5H2,1H3,(H,15,16). The van der Waals surface area contributed by atoms with Gasteiger partial charge in [0.15, 0.2) is 5.16 Å². The molecule has 2 aromatic rings. The quantitative estimate of drug-likeness (QED) is 0.821. The van der Waals surface area contributed by atoms with Crippen molar-refractivity contribution in [3.05, 3.63) is 35.9 Å². The van der Waals surface area contributed by atoms with Crippen LogP contribution in [0.15, 0.2) is 29.7 Å². The molecule has 0 spiro atoms. The highest BCUT2D eigenvalue weighted by atomic mass is 32.2. The maximum Gasteiger partial charge on any atom is 0.354 e. The number of pyridine rings is 1. The number of aromatic nitrogens is 4. The lowest BCUT2D eigenvalue weighted by Gasteiger charge is -2.01. The van der Waals surface area contributed by atoms with Gasteiger partial charge >= 0.3 is 5.97 Å². The van der Waals surface area contributed by atoms with Crippen LogP contribution in [0, 0.1) is 0 Å². The summed E-state index contributed by atoms with van der Waals surface area (Å²) in [6, 6.07) is 4.94. The Hall–Kier alpha value is -1.89. The van der Waals surface area contributed by atoms with Crippen molar-refractivity contribution in [1.82, 2.24) is 19.7 Å². The number of hydrogen-bond acceptors (Lipinski definition) is 5. The van der Waals surface area contributed by atoms with Gasteiger partial charge < -0.3 is 9.67 Å². The Bertz CT molecular complexity index is 541. The van der Waals surface area contributed by atoms with E-state index in [-0.39, 0.29) is 5.69 Å². The molecule has 0 aliphatic heterocycles. The summed E-state index contributed by atoms with van der Waals surface area (Å²) in [6.07, 6.45) is 1.61. The number of thioether (sulfide) groups is 1. The van der Waals surface area contributed by atoms with Gasteiger partial charge in [-0.1, -0.05) is 17.8 Å². The first-order valence-electron chi connectivity index (χ1n) is 4.83. The summed E-state index contributed by atoms with van der Waals surface area (Å²) in [4.78, 5) is 14.8. The summed E-state index contributed by atoms with van der Waals surface area (Å²) in [5, 5.41) is 17.3. The van der Waals surface area contributed by atoms with Crippen molar-refractivity contribution in [2.24, 2.45) is 7.05 Å². The second-order valence-corrected chi connectivity index (χ2v) is 4.27. The van der Waals surface area contributed by atoms with Crippen molar-refractivity contribution in [2.75, 3.05) is 0 Å². The maximum atomic E-state index is 10.7. The number of rotatable bonds is 4. The van der Waals surface area contributed by atoms with Crippen molar-refractivity contribution in [2.45, 2.75) is 10.9 Å². The van der Waals surface area contributed by atoms with Crippen LogP contribution < -0.4 is 0 Å². The lowest BCUT2D eigenvalue weighted by molar-refractivity contribution is 0.0690. The van der Waals surface area contributed by atoms with E-state index in [0.717, 1.165) is 5.16 Å². The van der Waals surface area contributed by atoms with E-state index in [1.807, 2.05) is 7.05 Å². The minimum absolute atomic E-state index is 0.0565. The van der Waals surface area contributed by atoms with Gasteiger partial charge in [0.1, 0.15) is 12.0 Å². The topological polar surface area (TPSA) is 80.9 Å². The van der Waals surface area contributed by atoms with E-state index in [0.29, 0.717) is 11.4 Å². The molecule has 0 bridgehead atoms. The van der Waals surface area contributed by atoms with Crippen molar-refractivity contribution >= 4 is 17.7 Å². The molecule has 0 saturated carbocycles. The van der Waals surface area contributed by atoms with Crippen molar-refractivity contribution in [3.63, 3.8) is 0 Å². The monoisotopic (exact) mass is 250 g/mol. The third-order valence-corrected chi connectivity index (χ3v) is 3.11. The molecule has 88 valence electrons. The number of carboxylic acids is 1. The average molecular weight is 250 g/mol. The Labute approximate surface area is 102 Å². The van der Waals surface area contributed by atoms with Gasteiger partial charge in [0.2, 0.25) is 0 Å². The number of aryl methyl sites for hydroxylation is 1. The molecule has 2 rings (SSSR count). The fourth-order valence-corrected chi connectivity index (χ4v) is 2.01. The van der Waals surface area contributed by atoms with Gasteiger partial charge in [-0.3, -0.25) is 0 Å². The van der Waals surface area contributed by atoms with Gasteiger partial charge in [0.05, 0.1) is 5.69 Å². The van der Waals surface area contributed by atoms with E-state index in [9.17, 15) is 4.79 Å². The fraction of sp³-hybridized carbons (Fsp3) is 0.200. The molecule has 0 aliphatic rings. The second-order valence-electron chi connectivity index (χ2n) is 3.33. The van der Waals surface area contributed by atoms with Crippen LogP contribution in [0.4, 0.5) is 0 Å². The normalized spacial score (nSPS) is 10.4. The predicted octanol–water partition coefficient (Wildman–Crippen LogP) is 1.20. The first kappa shape index (κ1) is 11.6. The van der Waals surface area contributed by atoms with Gasteiger partial charge in [-0.2, -0.15) is 0 Å². The number of nitrogens with zero attached hydrogens (tertiary/aromatic N) is 4. The Kier molecular flexibility index (Phi) is 3.38. The predicted molar refractivity (Wildman–Crippen MR) is 61.8 cm³/mol. The Balaban J connectivity index is 2.07. The fourth-order valence-electron chi connectivity index (χ4n) is 1.22. The average Bonchev–Trinajstić information content (AvgIpc) is 2.72. The molecular formula is C10H10N4O2S. The molecule has 0 fully saturated rings. The number of carboxylic acid groups (broad SMARTS) is 1. The Morgan fingerprint density at radius 1 is 1.53 bits per heavy atom. The Morgan fingerprint density at radius 2 is 2.35 bits per heavy atom. The maximum absolute atomic E-state index is 10.7. The first-order valence-corrected chi connectivity index (χ1v) is 5.81. The smallest absolute Gasteiger partial charge is 0.354 e. The summed E-state index contributed by atoms with van der Waals surface area (Å²) in [7, 11) is 1.85. The van der Waals surface area contributed by atoms with Gasteiger partial charge in [0.25, 0.3) is 0 Å². The number of carbonyl (C=O) groups is 1. The summed E-state index contributed by atoms with van der Waals surface area (Å²) in [5.41, 5.74) is 0.763. The van der Waals surface area contributed by atoms with Gasteiger partial charge in [0, 0.05) is 12.8 Å². The molecule has 17 heavy (non-hydrogen) atoms. The SMILES string of the molecule is Cn1cnnc1SCc1cccc(C(=O)O)n1. The van der Waals surface area contributed by atoms with E-state index in [1.54, 1.807) is 23.0 Å². The lowest BCUT2D eigenvalue weighted by atomic mass is 10.3. The lowest BCUT2D eigenvalue weighted by Crippen LogP contribution is -2.02. The minimum Gasteiger partial charge on any atom is -0.477 e. The summed E-state index contributed by atoms with van der Waals surface area (Å²) >= 11 is 1.46. The molecule has 2 aromatic heterocycles.